The van der Waals surface area contributed by atoms with E-state index in [-0.39, 0.29) is 17.9 Å². The lowest BCUT2D eigenvalue weighted by Gasteiger charge is -2.19. The van der Waals surface area contributed by atoms with Gasteiger partial charge in [0.25, 0.3) is 0 Å². The van der Waals surface area contributed by atoms with E-state index in [0.29, 0.717) is 19.1 Å². The molecular formula is C18H21N3O2S. The van der Waals surface area contributed by atoms with Crippen molar-refractivity contribution in [3.05, 3.63) is 52.5 Å². The minimum atomic E-state index is -0.0425. The number of aromatic nitrogens is 1. The van der Waals surface area contributed by atoms with Crippen molar-refractivity contribution < 1.29 is 9.53 Å². The normalized spacial score (nSPS) is 26.4. The summed E-state index contributed by atoms with van der Waals surface area (Å²) in [4.78, 5) is 19.0. The first-order valence-electron chi connectivity index (χ1n) is 8.31. The Hall–Kier alpha value is -1.76. The molecule has 0 saturated carbocycles. The first-order chi connectivity index (χ1) is 11.8. The second-order valence-electron chi connectivity index (χ2n) is 6.55. The van der Waals surface area contributed by atoms with Gasteiger partial charge < -0.3 is 10.1 Å². The van der Waals surface area contributed by atoms with Crippen molar-refractivity contribution in [2.75, 3.05) is 19.7 Å². The largest absolute Gasteiger partial charge is 0.376 e. The molecule has 1 N–H and O–H groups in total. The summed E-state index contributed by atoms with van der Waals surface area (Å²) < 4.78 is 5.90. The van der Waals surface area contributed by atoms with Crippen LogP contribution in [0.25, 0.3) is 0 Å². The Morgan fingerprint density at radius 1 is 1.38 bits per heavy atom. The summed E-state index contributed by atoms with van der Waals surface area (Å²) in [6, 6.07) is 6.02. The highest BCUT2D eigenvalue weighted by molar-refractivity contribution is 7.07. The predicted molar refractivity (Wildman–Crippen MR) is 92.4 cm³/mol. The topological polar surface area (TPSA) is 54.5 Å². The number of likely N-dealkylation sites (tertiary alicyclic amines) is 1. The lowest BCUT2D eigenvalue weighted by Crippen LogP contribution is -2.36. The van der Waals surface area contributed by atoms with Gasteiger partial charge in [-0.1, -0.05) is 6.07 Å². The Morgan fingerprint density at radius 3 is 3.12 bits per heavy atom. The average Bonchev–Trinajstić information content (AvgIpc) is 3.31. The first-order valence-corrected chi connectivity index (χ1v) is 9.25. The highest BCUT2D eigenvalue weighted by Crippen LogP contribution is 2.34. The van der Waals surface area contributed by atoms with Crippen LogP contribution in [0.15, 0.2) is 41.4 Å². The number of thiophene rings is 1. The summed E-state index contributed by atoms with van der Waals surface area (Å²) in [6.07, 6.45) is 3.71. The lowest BCUT2D eigenvalue weighted by atomic mass is 9.92. The summed E-state index contributed by atoms with van der Waals surface area (Å²) in [5, 5.41) is 7.33. The smallest absolute Gasteiger partial charge is 0.226 e. The molecule has 0 aliphatic carbocycles. The van der Waals surface area contributed by atoms with E-state index in [9.17, 15) is 4.79 Å². The van der Waals surface area contributed by atoms with E-state index in [0.717, 1.165) is 25.2 Å². The average molecular weight is 343 g/mol. The zero-order valence-electron chi connectivity index (χ0n) is 13.4. The Labute approximate surface area is 145 Å². The zero-order chi connectivity index (χ0) is 16.4. The molecule has 2 fully saturated rings. The maximum absolute atomic E-state index is 12.6. The molecule has 126 valence electrons. The third kappa shape index (κ3) is 3.36. The Morgan fingerprint density at radius 2 is 2.33 bits per heavy atom. The van der Waals surface area contributed by atoms with Crippen molar-refractivity contribution in [3.63, 3.8) is 0 Å². The van der Waals surface area contributed by atoms with E-state index in [2.05, 4.69) is 32.0 Å². The monoisotopic (exact) mass is 343 g/mol. The van der Waals surface area contributed by atoms with Gasteiger partial charge in [0, 0.05) is 44.5 Å². The Balaban J connectivity index is 1.32. The number of amides is 1. The van der Waals surface area contributed by atoms with Crippen LogP contribution in [0, 0.1) is 11.8 Å². The molecule has 0 spiro atoms. The Kier molecular flexibility index (Phi) is 4.60. The standard InChI is InChI=1S/C18H21N3O2S/c22-18(20-7-13-2-1-4-19-6-13)16-11-23-17-10-21(9-15(16)17)8-14-3-5-24-12-14/h1-6,12,15-17H,7-11H2,(H,20,22)/t15-,16+,17-/m1/s1. The molecule has 3 atom stereocenters. The van der Waals surface area contributed by atoms with Crippen molar-refractivity contribution >= 4 is 17.2 Å². The third-order valence-electron chi connectivity index (χ3n) is 4.90. The molecule has 6 heteroatoms. The van der Waals surface area contributed by atoms with E-state index in [1.807, 2.05) is 12.1 Å². The van der Waals surface area contributed by atoms with Crippen molar-refractivity contribution in [1.29, 1.82) is 0 Å². The fourth-order valence-corrected chi connectivity index (χ4v) is 4.32. The number of hydrogen-bond acceptors (Lipinski definition) is 5. The van der Waals surface area contributed by atoms with Crippen LogP contribution in [0.3, 0.4) is 0 Å². The summed E-state index contributed by atoms with van der Waals surface area (Å²) in [7, 11) is 0. The van der Waals surface area contributed by atoms with E-state index in [4.69, 9.17) is 4.74 Å². The summed E-state index contributed by atoms with van der Waals surface area (Å²) in [6.45, 7) is 3.88. The maximum Gasteiger partial charge on any atom is 0.226 e. The molecule has 2 saturated heterocycles. The number of rotatable bonds is 5. The lowest BCUT2D eigenvalue weighted by molar-refractivity contribution is -0.126. The van der Waals surface area contributed by atoms with Gasteiger partial charge in [0.1, 0.15) is 0 Å². The van der Waals surface area contributed by atoms with Gasteiger partial charge in [-0.15, -0.1) is 0 Å². The van der Waals surface area contributed by atoms with E-state index < -0.39 is 0 Å². The zero-order valence-corrected chi connectivity index (χ0v) is 14.2. The number of carbonyl (C=O) groups is 1. The number of fused-ring (bicyclic) bond motifs is 1. The van der Waals surface area contributed by atoms with Gasteiger partial charge in [0.2, 0.25) is 5.91 Å². The minimum Gasteiger partial charge on any atom is -0.376 e. The number of nitrogens with one attached hydrogen (secondary N) is 1. The number of ether oxygens (including phenoxy) is 1. The molecule has 24 heavy (non-hydrogen) atoms. The van der Waals surface area contributed by atoms with Gasteiger partial charge in [0.05, 0.1) is 18.6 Å². The molecule has 2 aromatic rings. The molecule has 0 unspecified atom stereocenters. The summed E-state index contributed by atoms with van der Waals surface area (Å²) >= 11 is 1.73. The van der Waals surface area contributed by atoms with Gasteiger partial charge in [-0.25, -0.2) is 0 Å². The fourth-order valence-electron chi connectivity index (χ4n) is 3.66. The van der Waals surface area contributed by atoms with Crippen LogP contribution in [-0.4, -0.2) is 41.6 Å². The van der Waals surface area contributed by atoms with Gasteiger partial charge in [-0.05, 0) is 34.0 Å². The fraction of sp³-hybridized carbons (Fsp3) is 0.444. The van der Waals surface area contributed by atoms with Gasteiger partial charge in [-0.3, -0.25) is 14.7 Å². The predicted octanol–water partition coefficient (Wildman–Crippen LogP) is 1.91. The van der Waals surface area contributed by atoms with Crippen molar-refractivity contribution in [1.82, 2.24) is 15.2 Å². The van der Waals surface area contributed by atoms with E-state index in [1.54, 1.807) is 23.7 Å². The number of hydrogen-bond donors (Lipinski definition) is 1. The van der Waals surface area contributed by atoms with Crippen LogP contribution in [0.1, 0.15) is 11.1 Å². The molecule has 2 aliphatic heterocycles. The molecule has 2 aliphatic rings. The summed E-state index contributed by atoms with van der Waals surface area (Å²) in [5.41, 5.74) is 2.37. The highest BCUT2D eigenvalue weighted by Gasteiger charge is 2.46. The van der Waals surface area contributed by atoms with Crippen LogP contribution in [0.5, 0.6) is 0 Å². The highest BCUT2D eigenvalue weighted by atomic mass is 32.1. The molecule has 0 aromatic carbocycles. The third-order valence-corrected chi connectivity index (χ3v) is 5.64. The van der Waals surface area contributed by atoms with Crippen molar-refractivity contribution in [2.24, 2.45) is 11.8 Å². The molecular weight excluding hydrogens is 322 g/mol. The van der Waals surface area contributed by atoms with Crippen molar-refractivity contribution in [2.45, 2.75) is 19.2 Å². The SMILES string of the molecule is O=C(NCc1cccnc1)[C@H]1CO[C@@H]2CN(Cc3ccsc3)C[C@H]12. The van der Waals surface area contributed by atoms with Gasteiger partial charge >= 0.3 is 0 Å². The number of carbonyl (C=O) groups excluding carboxylic acids is 1. The molecule has 1 amide bonds. The second-order valence-corrected chi connectivity index (χ2v) is 7.33. The molecule has 4 rings (SSSR count). The van der Waals surface area contributed by atoms with Crippen LogP contribution in [-0.2, 0) is 22.6 Å². The van der Waals surface area contributed by atoms with Crippen LogP contribution < -0.4 is 5.32 Å². The molecule has 5 nitrogen and oxygen atoms in total. The molecule has 4 heterocycles. The molecule has 0 radical (unpaired) electrons. The van der Waals surface area contributed by atoms with Crippen LogP contribution >= 0.6 is 11.3 Å². The minimum absolute atomic E-state index is 0.0425. The molecule has 2 aromatic heterocycles. The first kappa shape index (κ1) is 15.7. The van der Waals surface area contributed by atoms with E-state index >= 15 is 0 Å². The van der Waals surface area contributed by atoms with Gasteiger partial charge in [-0.2, -0.15) is 11.3 Å². The number of nitrogens with zero attached hydrogens (tertiary/aromatic N) is 2. The second kappa shape index (κ2) is 7.01. The number of pyridine rings is 1. The quantitative estimate of drug-likeness (QED) is 0.901. The van der Waals surface area contributed by atoms with Gasteiger partial charge in [0.15, 0.2) is 0 Å². The maximum atomic E-state index is 12.6. The Bertz CT molecular complexity index is 677. The van der Waals surface area contributed by atoms with Crippen molar-refractivity contribution in [3.8, 4) is 0 Å². The van der Waals surface area contributed by atoms with Crippen LogP contribution in [0.2, 0.25) is 0 Å². The van der Waals surface area contributed by atoms with Crippen LogP contribution in [0.4, 0.5) is 0 Å². The van der Waals surface area contributed by atoms with E-state index in [1.165, 1.54) is 5.56 Å². The molecule has 0 bridgehead atoms. The summed E-state index contributed by atoms with van der Waals surface area (Å²) in [5.74, 6) is 0.361.